The quantitative estimate of drug-likeness (QED) is 0.803. The zero-order valence-corrected chi connectivity index (χ0v) is 11.5. The second-order valence-electron chi connectivity index (χ2n) is 3.85. The number of allylic oxidation sites excluding steroid dienone is 1. The van der Waals surface area contributed by atoms with Crippen molar-refractivity contribution in [2.45, 2.75) is 6.92 Å². The second kappa shape index (κ2) is 5.74. The molecular weight excluding hydrogens is 290 g/mol. The van der Waals surface area contributed by atoms with E-state index in [-0.39, 0.29) is 5.78 Å². The molecule has 2 aromatic rings. The highest BCUT2D eigenvalue weighted by Gasteiger charge is 2.09. The van der Waals surface area contributed by atoms with Crippen LogP contribution in [0.3, 0.4) is 0 Å². The van der Waals surface area contributed by atoms with E-state index in [4.69, 9.17) is 0 Å². The summed E-state index contributed by atoms with van der Waals surface area (Å²) in [6.45, 7) is 1.55. The molecule has 1 heterocycles. The van der Waals surface area contributed by atoms with E-state index in [1.165, 1.54) is 0 Å². The van der Waals surface area contributed by atoms with Crippen molar-refractivity contribution in [3.63, 3.8) is 0 Å². The highest BCUT2D eigenvalue weighted by atomic mass is 79.9. The van der Waals surface area contributed by atoms with Gasteiger partial charge in [-0.2, -0.15) is 0 Å². The standard InChI is InChI=1S/C15H12BrNO/c1-11(18)13(15-8-4-5-9-17-15)10-12-6-2-3-7-14(12)16/h2-10H,1H3/b13-10-. The molecule has 3 heteroatoms. The molecule has 0 aliphatic rings. The summed E-state index contributed by atoms with van der Waals surface area (Å²) < 4.78 is 0.958. The van der Waals surface area contributed by atoms with E-state index in [9.17, 15) is 4.79 Å². The van der Waals surface area contributed by atoms with E-state index in [0.29, 0.717) is 11.3 Å². The molecule has 0 fully saturated rings. The zero-order valence-electron chi connectivity index (χ0n) is 9.93. The van der Waals surface area contributed by atoms with Crippen LogP contribution in [0.1, 0.15) is 18.2 Å². The van der Waals surface area contributed by atoms with Crippen molar-refractivity contribution < 1.29 is 4.79 Å². The number of ketones is 1. The molecule has 90 valence electrons. The van der Waals surface area contributed by atoms with Crippen LogP contribution in [-0.2, 0) is 4.79 Å². The third kappa shape index (κ3) is 2.93. The highest BCUT2D eigenvalue weighted by Crippen LogP contribution is 2.22. The summed E-state index contributed by atoms with van der Waals surface area (Å²) in [6, 6.07) is 13.3. The number of benzene rings is 1. The number of nitrogens with zero attached hydrogens (tertiary/aromatic N) is 1. The first kappa shape index (κ1) is 12.7. The third-order valence-electron chi connectivity index (χ3n) is 2.53. The second-order valence-corrected chi connectivity index (χ2v) is 4.71. The number of pyridine rings is 1. The van der Waals surface area contributed by atoms with Crippen LogP contribution in [0.2, 0.25) is 0 Å². The van der Waals surface area contributed by atoms with Gasteiger partial charge in [-0.25, -0.2) is 0 Å². The smallest absolute Gasteiger partial charge is 0.161 e. The van der Waals surface area contributed by atoms with Crippen molar-refractivity contribution in [1.82, 2.24) is 4.98 Å². The number of rotatable bonds is 3. The van der Waals surface area contributed by atoms with Crippen molar-refractivity contribution in [2.75, 3.05) is 0 Å². The number of hydrogen-bond donors (Lipinski definition) is 0. The number of carbonyl (C=O) groups excluding carboxylic acids is 1. The summed E-state index contributed by atoms with van der Waals surface area (Å²) in [5.74, 6) is 0.00412. The van der Waals surface area contributed by atoms with Crippen LogP contribution in [0.5, 0.6) is 0 Å². The average molecular weight is 302 g/mol. The van der Waals surface area contributed by atoms with Gasteiger partial charge in [0, 0.05) is 16.2 Å². The van der Waals surface area contributed by atoms with E-state index in [0.717, 1.165) is 10.0 Å². The summed E-state index contributed by atoms with van der Waals surface area (Å²) in [5, 5.41) is 0. The van der Waals surface area contributed by atoms with E-state index < -0.39 is 0 Å². The zero-order chi connectivity index (χ0) is 13.0. The van der Waals surface area contributed by atoms with Gasteiger partial charge in [0.2, 0.25) is 0 Å². The van der Waals surface area contributed by atoms with Crippen LogP contribution >= 0.6 is 15.9 Å². The van der Waals surface area contributed by atoms with Gasteiger partial charge >= 0.3 is 0 Å². The Balaban J connectivity index is 2.50. The Labute approximate surface area is 115 Å². The fourth-order valence-electron chi connectivity index (χ4n) is 1.63. The lowest BCUT2D eigenvalue weighted by atomic mass is 10.0. The van der Waals surface area contributed by atoms with E-state index >= 15 is 0 Å². The molecule has 0 aliphatic carbocycles. The Bertz CT molecular complexity index is 590. The van der Waals surface area contributed by atoms with Crippen LogP contribution in [0.4, 0.5) is 0 Å². The lowest BCUT2D eigenvalue weighted by Crippen LogP contribution is -1.98. The average Bonchev–Trinajstić information content (AvgIpc) is 2.38. The Hall–Kier alpha value is -1.74. The molecule has 0 spiro atoms. The van der Waals surface area contributed by atoms with Crippen molar-refractivity contribution in [3.8, 4) is 0 Å². The minimum atomic E-state index is 0.00412. The summed E-state index contributed by atoms with van der Waals surface area (Å²) >= 11 is 3.47. The molecule has 0 N–H and O–H groups in total. The maximum atomic E-state index is 11.7. The molecule has 0 saturated carbocycles. The number of Topliss-reactive ketones (excluding diaryl/α,β-unsaturated/α-hetero) is 1. The van der Waals surface area contributed by atoms with Crippen LogP contribution in [0.25, 0.3) is 11.6 Å². The topological polar surface area (TPSA) is 30.0 Å². The number of aromatic nitrogens is 1. The Morgan fingerprint density at radius 2 is 1.89 bits per heavy atom. The number of carbonyl (C=O) groups is 1. The van der Waals surface area contributed by atoms with Gasteiger partial charge in [-0.1, -0.05) is 40.2 Å². The Morgan fingerprint density at radius 1 is 1.17 bits per heavy atom. The molecule has 2 nitrogen and oxygen atoms in total. The Morgan fingerprint density at radius 3 is 2.50 bits per heavy atom. The van der Waals surface area contributed by atoms with Gasteiger partial charge in [-0.3, -0.25) is 9.78 Å². The lowest BCUT2D eigenvalue weighted by molar-refractivity contribution is -0.111. The molecule has 0 radical (unpaired) electrons. The van der Waals surface area contributed by atoms with Gasteiger partial charge in [-0.15, -0.1) is 0 Å². The SMILES string of the molecule is CC(=O)/C(=C/c1ccccc1Br)c1ccccn1. The minimum Gasteiger partial charge on any atom is -0.294 e. The molecule has 2 rings (SSSR count). The monoisotopic (exact) mass is 301 g/mol. The van der Waals surface area contributed by atoms with Gasteiger partial charge < -0.3 is 0 Å². The maximum Gasteiger partial charge on any atom is 0.161 e. The van der Waals surface area contributed by atoms with Crippen molar-refractivity contribution >= 4 is 33.4 Å². The van der Waals surface area contributed by atoms with Crippen molar-refractivity contribution in [1.29, 1.82) is 0 Å². The predicted molar refractivity (Wildman–Crippen MR) is 76.9 cm³/mol. The predicted octanol–water partition coefficient (Wildman–Crippen LogP) is 3.97. The van der Waals surface area contributed by atoms with E-state index in [1.807, 2.05) is 48.5 Å². The molecule has 1 aromatic heterocycles. The fraction of sp³-hybridized carbons (Fsp3) is 0.0667. The van der Waals surface area contributed by atoms with Crippen molar-refractivity contribution in [2.24, 2.45) is 0 Å². The normalized spacial score (nSPS) is 11.3. The van der Waals surface area contributed by atoms with Gasteiger partial charge in [0.15, 0.2) is 5.78 Å². The number of hydrogen-bond acceptors (Lipinski definition) is 2. The molecule has 0 saturated heterocycles. The first-order chi connectivity index (χ1) is 8.68. The molecule has 0 amide bonds. The lowest BCUT2D eigenvalue weighted by Gasteiger charge is -2.04. The van der Waals surface area contributed by atoms with E-state index in [2.05, 4.69) is 20.9 Å². The van der Waals surface area contributed by atoms with Gasteiger partial charge in [-0.05, 0) is 36.8 Å². The molecular formula is C15H12BrNO. The largest absolute Gasteiger partial charge is 0.294 e. The van der Waals surface area contributed by atoms with Gasteiger partial charge in [0.25, 0.3) is 0 Å². The molecule has 0 unspecified atom stereocenters. The van der Waals surface area contributed by atoms with Crippen LogP contribution in [-0.4, -0.2) is 10.8 Å². The molecule has 0 aliphatic heterocycles. The maximum absolute atomic E-state index is 11.7. The third-order valence-corrected chi connectivity index (χ3v) is 3.25. The first-order valence-electron chi connectivity index (χ1n) is 5.57. The summed E-state index contributed by atoms with van der Waals surface area (Å²) in [6.07, 6.45) is 3.54. The first-order valence-corrected chi connectivity index (χ1v) is 6.36. The van der Waals surface area contributed by atoms with E-state index in [1.54, 1.807) is 13.1 Å². The molecule has 0 bridgehead atoms. The van der Waals surface area contributed by atoms with Crippen LogP contribution in [0, 0.1) is 0 Å². The van der Waals surface area contributed by atoms with Crippen molar-refractivity contribution in [3.05, 3.63) is 64.4 Å². The summed E-state index contributed by atoms with van der Waals surface area (Å²) in [4.78, 5) is 16.0. The Kier molecular flexibility index (Phi) is 4.05. The minimum absolute atomic E-state index is 0.00412. The molecule has 1 aromatic carbocycles. The molecule has 0 atom stereocenters. The van der Waals surface area contributed by atoms with Gasteiger partial charge in [0.1, 0.15) is 0 Å². The highest BCUT2D eigenvalue weighted by molar-refractivity contribution is 9.10. The van der Waals surface area contributed by atoms with Crippen LogP contribution in [0.15, 0.2) is 53.1 Å². The summed E-state index contributed by atoms with van der Waals surface area (Å²) in [7, 11) is 0. The molecule has 18 heavy (non-hydrogen) atoms. The fourth-order valence-corrected chi connectivity index (χ4v) is 2.02. The van der Waals surface area contributed by atoms with Gasteiger partial charge in [0.05, 0.1) is 5.69 Å². The number of halogens is 1. The summed E-state index contributed by atoms with van der Waals surface area (Å²) in [5.41, 5.74) is 2.27. The van der Waals surface area contributed by atoms with Crippen LogP contribution < -0.4 is 0 Å².